The summed E-state index contributed by atoms with van der Waals surface area (Å²) in [7, 11) is 0. The molecule has 0 bridgehead atoms. The van der Waals surface area contributed by atoms with Gasteiger partial charge in [-0.1, -0.05) is 74.5 Å². The Morgan fingerprint density at radius 1 is 0.947 bits per heavy atom. The van der Waals surface area contributed by atoms with E-state index in [1.165, 1.54) is 11.1 Å². The Labute approximate surface area is 115 Å². The smallest absolute Gasteiger partial charge is 0.0647 e. The van der Waals surface area contributed by atoms with Gasteiger partial charge in [-0.05, 0) is 28.2 Å². The topological polar surface area (TPSA) is 20.2 Å². The van der Waals surface area contributed by atoms with Crippen molar-refractivity contribution in [2.75, 3.05) is 6.61 Å². The minimum Gasteiger partial charge on any atom is -0.392 e. The third-order valence-electron chi connectivity index (χ3n) is 3.29. The van der Waals surface area contributed by atoms with Gasteiger partial charge in [0.05, 0.1) is 6.61 Å². The van der Waals surface area contributed by atoms with Gasteiger partial charge in [0.1, 0.15) is 0 Å². The molecule has 0 saturated carbocycles. The van der Waals surface area contributed by atoms with Crippen molar-refractivity contribution in [3.05, 3.63) is 65.7 Å². The average Bonchev–Trinajstić information content (AvgIpc) is 2.46. The highest BCUT2D eigenvalue weighted by molar-refractivity contribution is 5.66. The van der Waals surface area contributed by atoms with E-state index < -0.39 is 0 Å². The molecule has 98 valence electrons. The van der Waals surface area contributed by atoms with Crippen LogP contribution in [0.5, 0.6) is 0 Å². The summed E-state index contributed by atoms with van der Waals surface area (Å²) in [5, 5.41) is 9.32. The third-order valence-corrected chi connectivity index (χ3v) is 3.29. The molecule has 2 aromatic carbocycles. The van der Waals surface area contributed by atoms with Crippen LogP contribution in [0.25, 0.3) is 17.2 Å². The van der Waals surface area contributed by atoms with Gasteiger partial charge in [-0.2, -0.15) is 0 Å². The first kappa shape index (κ1) is 13.6. The monoisotopic (exact) mass is 252 g/mol. The molecule has 1 N–H and O–H groups in total. The van der Waals surface area contributed by atoms with Crippen molar-refractivity contribution in [2.45, 2.75) is 13.8 Å². The number of aliphatic hydroxyl groups is 1. The fourth-order valence-electron chi connectivity index (χ4n) is 2.01. The van der Waals surface area contributed by atoms with Crippen LogP contribution in [0.1, 0.15) is 19.4 Å². The molecule has 2 aromatic rings. The second kappa shape index (κ2) is 6.35. The lowest BCUT2D eigenvalue weighted by Gasteiger charge is -2.08. The molecule has 19 heavy (non-hydrogen) atoms. The van der Waals surface area contributed by atoms with E-state index in [0.29, 0.717) is 5.92 Å². The summed E-state index contributed by atoms with van der Waals surface area (Å²) in [6, 6.07) is 18.8. The average molecular weight is 252 g/mol. The van der Waals surface area contributed by atoms with Crippen molar-refractivity contribution in [3.63, 3.8) is 0 Å². The minimum absolute atomic E-state index is 0.123. The van der Waals surface area contributed by atoms with E-state index in [1.54, 1.807) is 0 Å². The fraction of sp³-hybridized carbons (Fsp3) is 0.222. The Hall–Kier alpha value is -1.86. The minimum atomic E-state index is 0.123. The van der Waals surface area contributed by atoms with E-state index in [4.69, 9.17) is 0 Å². The van der Waals surface area contributed by atoms with Crippen LogP contribution in [0, 0.1) is 5.92 Å². The Balaban J connectivity index is 2.24. The first-order valence-electron chi connectivity index (χ1n) is 6.67. The van der Waals surface area contributed by atoms with Crippen molar-refractivity contribution in [1.82, 2.24) is 0 Å². The van der Waals surface area contributed by atoms with Crippen LogP contribution >= 0.6 is 0 Å². The summed E-state index contributed by atoms with van der Waals surface area (Å²) in [4.78, 5) is 0. The van der Waals surface area contributed by atoms with Gasteiger partial charge in [0.15, 0.2) is 0 Å². The van der Waals surface area contributed by atoms with Crippen LogP contribution in [0.2, 0.25) is 0 Å². The normalized spacial score (nSPS) is 11.9. The summed E-state index contributed by atoms with van der Waals surface area (Å²) in [5.74, 6) is 0.374. The van der Waals surface area contributed by atoms with Gasteiger partial charge in [-0.3, -0.25) is 0 Å². The van der Waals surface area contributed by atoms with Crippen molar-refractivity contribution in [1.29, 1.82) is 0 Å². The van der Waals surface area contributed by atoms with Gasteiger partial charge in [-0.15, -0.1) is 0 Å². The molecule has 2 rings (SSSR count). The Morgan fingerprint density at radius 2 is 1.53 bits per heavy atom. The highest BCUT2D eigenvalue weighted by Gasteiger charge is 2.02. The van der Waals surface area contributed by atoms with Gasteiger partial charge in [-0.25, -0.2) is 0 Å². The number of hydrogen-bond donors (Lipinski definition) is 1. The maximum absolute atomic E-state index is 9.32. The molecule has 0 unspecified atom stereocenters. The lowest BCUT2D eigenvalue weighted by Crippen LogP contribution is -1.98. The summed E-state index contributed by atoms with van der Waals surface area (Å²) in [6.07, 6.45) is 2.07. The molecule has 1 heteroatoms. The molecule has 0 heterocycles. The van der Waals surface area contributed by atoms with Gasteiger partial charge in [0.25, 0.3) is 0 Å². The first-order chi connectivity index (χ1) is 9.20. The zero-order chi connectivity index (χ0) is 13.7. The first-order valence-corrected chi connectivity index (χ1v) is 6.67. The van der Waals surface area contributed by atoms with E-state index in [1.807, 2.05) is 18.2 Å². The zero-order valence-electron chi connectivity index (χ0n) is 11.5. The molecule has 0 aromatic heterocycles. The van der Waals surface area contributed by atoms with E-state index in [0.717, 1.165) is 11.1 Å². The number of rotatable bonds is 4. The SMILES string of the molecule is CC(C)C(=Cc1ccc(-c2ccccc2)cc1)CO. The van der Waals surface area contributed by atoms with Gasteiger partial charge in [0.2, 0.25) is 0 Å². The second-order valence-electron chi connectivity index (χ2n) is 5.02. The number of benzene rings is 2. The molecule has 0 aliphatic heterocycles. The van der Waals surface area contributed by atoms with Crippen LogP contribution < -0.4 is 0 Å². The van der Waals surface area contributed by atoms with E-state index >= 15 is 0 Å². The van der Waals surface area contributed by atoms with Crippen molar-refractivity contribution in [3.8, 4) is 11.1 Å². The predicted molar refractivity (Wildman–Crippen MR) is 81.8 cm³/mol. The second-order valence-corrected chi connectivity index (χ2v) is 5.02. The molecule has 0 saturated heterocycles. The number of aliphatic hydroxyl groups excluding tert-OH is 1. The Morgan fingerprint density at radius 3 is 2.05 bits per heavy atom. The highest BCUT2D eigenvalue weighted by Crippen LogP contribution is 2.21. The lowest BCUT2D eigenvalue weighted by molar-refractivity contribution is 0.320. The molecule has 0 aliphatic rings. The molecule has 1 nitrogen and oxygen atoms in total. The van der Waals surface area contributed by atoms with Crippen LogP contribution in [0.4, 0.5) is 0 Å². The summed E-state index contributed by atoms with van der Waals surface area (Å²) in [5.41, 5.74) is 4.64. The maximum atomic E-state index is 9.32. The van der Waals surface area contributed by atoms with E-state index in [2.05, 4.69) is 56.3 Å². The van der Waals surface area contributed by atoms with E-state index in [-0.39, 0.29) is 6.61 Å². The highest BCUT2D eigenvalue weighted by atomic mass is 16.3. The van der Waals surface area contributed by atoms with Crippen LogP contribution in [0.15, 0.2) is 60.2 Å². The molecule has 0 amide bonds. The largest absolute Gasteiger partial charge is 0.392 e. The zero-order valence-corrected chi connectivity index (χ0v) is 11.5. The quantitative estimate of drug-likeness (QED) is 0.856. The van der Waals surface area contributed by atoms with Crippen molar-refractivity contribution < 1.29 is 5.11 Å². The van der Waals surface area contributed by atoms with Crippen LogP contribution in [0.3, 0.4) is 0 Å². The van der Waals surface area contributed by atoms with Crippen LogP contribution in [-0.4, -0.2) is 11.7 Å². The van der Waals surface area contributed by atoms with Crippen molar-refractivity contribution >= 4 is 6.08 Å². The van der Waals surface area contributed by atoms with Gasteiger partial charge in [0, 0.05) is 0 Å². The van der Waals surface area contributed by atoms with Crippen LogP contribution in [-0.2, 0) is 0 Å². The van der Waals surface area contributed by atoms with Gasteiger partial charge < -0.3 is 5.11 Å². The predicted octanol–water partition coefficient (Wildman–Crippen LogP) is 4.39. The summed E-state index contributed by atoms with van der Waals surface area (Å²) < 4.78 is 0. The Bertz CT molecular complexity index is 536. The fourth-order valence-corrected chi connectivity index (χ4v) is 2.01. The van der Waals surface area contributed by atoms with E-state index in [9.17, 15) is 5.11 Å². The molecule has 0 aliphatic carbocycles. The standard InChI is InChI=1S/C18H20O/c1-14(2)18(13-19)12-15-8-10-17(11-9-15)16-6-4-3-5-7-16/h3-12,14,19H,13H2,1-2H3. The number of hydrogen-bond acceptors (Lipinski definition) is 1. The molecule has 0 spiro atoms. The lowest BCUT2D eigenvalue weighted by atomic mass is 9.99. The third kappa shape index (κ3) is 3.55. The molecule has 0 radical (unpaired) electrons. The Kier molecular flexibility index (Phi) is 4.53. The maximum Gasteiger partial charge on any atom is 0.0647 e. The summed E-state index contributed by atoms with van der Waals surface area (Å²) >= 11 is 0. The molecule has 0 atom stereocenters. The van der Waals surface area contributed by atoms with Gasteiger partial charge >= 0.3 is 0 Å². The van der Waals surface area contributed by atoms with Crippen molar-refractivity contribution in [2.24, 2.45) is 5.92 Å². The molecular weight excluding hydrogens is 232 g/mol. The molecular formula is C18H20O. The molecule has 0 fully saturated rings. The summed E-state index contributed by atoms with van der Waals surface area (Å²) in [6.45, 7) is 4.32.